The van der Waals surface area contributed by atoms with E-state index in [2.05, 4.69) is 55.1 Å². The number of phenolic OH excluding ortho intramolecular Hbond substituents is 1. The lowest BCUT2D eigenvalue weighted by Gasteiger charge is -2.10. The highest BCUT2D eigenvalue weighted by Crippen LogP contribution is 2.27. The Morgan fingerprint density at radius 3 is 2.02 bits per heavy atom. The molecule has 40 heavy (non-hydrogen) atoms. The number of nitrogens with zero attached hydrogens (tertiary/aromatic N) is 2. The largest absolute Gasteiger partial charge is 0.507 e. The number of aromatic hydroxyl groups is 1. The molecule has 0 unspecified atom stereocenters. The van der Waals surface area contributed by atoms with Crippen LogP contribution in [0.2, 0.25) is 0 Å². The van der Waals surface area contributed by atoms with Crippen LogP contribution in [0.3, 0.4) is 0 Å². The topological polar surface area (TPSA) is 54.2 Å². The maximum atomic E-state index is 10.6. The van der Waals surface area contributed by atoms with Crippen LogP contribution in [0.25, 0.3) is 22.4 Å². The van der Waals surface area contributed by atoms with E-state index in [9.17, 15) is 5.11 Å². The minimum atomic E-state index is 0.0875. The summed E-state index contributed by atoms with van der Waals surface area (Å²) in [6.45, 7) is 10.1. The number of halogens is 1. The summed E-state index contributed by atoms with van der Waals surface area (Å²) >= 11 is 1.79. The second kappa shape index (κ2) is 13.7. The Bertz CT molecular complexity index is 1600. The van der Waals surface area contributed by atoms with Gasteiger partial charge < -0.3 is 8.17 Å². The lowest BCUT2D eigenvalue weighted by Crippen LogP contribution is -2.05. The molecular weight excluding hydrogens is 607 g/mol. The van der Waals surface area contributed by atoms with Crippen LogP contribution in [-0.4, -0.2) is 16.7 Å². The van der Waals surface area contributed by atoms with Crippen LogP contribution < -0.4 is 3.07 Å². The molecule has 0 aliphatic heterocycles. The van der Waals surface area contributed by atoms with Gasteiger partial charge in [-0.1, -0.05) is 104 Å². The van der Waals surface area contributed by atoms with Crippen LogP contribution >= 0.6 is 23.0 Å². The molecule has 0 aliphatic carbocycles. The van der Waals surface area contributed by atoms with Gasteiger partial charge >= 0.3 is 0 Å². The fourth-order valence-corrected chi connectivity index (χ4v) is 4.54. The van der Waals surface area contributed by atoms with E-state index in [1.807, 2.05) is 69.3 Å². The number of hydrogen-bond acceptors (Lipinski definition) is 3. The van der Waals surface area contributed by atoms with Crippen molar-refractivity contribution in [2.45, 2.75) is 20.8 Å². The Hall–Kier alpha value is -4.23. The second-order valence-electron chi connectivity index (χ2n) is 9.10. The first-order valence-electron chi connectivity index (χ1n) is 12.9. The number of phenols is 1. The highest BCUT2D eigenvalue weighted by molar-refractivity contribution is 14.1. The molecule has 5 heteroatoms. The van der Waals surface area contributed by atoms with Gasteiger partial charge in [-0.15, -0.1) is 0 Å². The minimum absolute atomic E-state index is 0.0875. The molecule has 0 fully saturated rings. The Morgan fingerprint density at radius 2 is 1.43 bits per heavy atom. The van der Waals surface area contributed by atoms with E-state index >= 15 is 0 Å². The molecule has 4 aromatic rings. The van der Waals surface area contributed by atoms with Gasteiger partial charge in [0, 0.05) is 17.2 Å². The molecule has 0 aromatic heterocycles. The lowest BCUT2D eigenvalue weighted by molar-refractivity contribution is 0.472. The predicted molar refractivity (Wildman–Crippen MR) is 177 cm³/mol. The van der Waals surface area contributed by atoms with E-state index in [0.29, 0.717) is 28.6 Å². The van der Waals surface area contributed by atoms with Crippen molar-refractivity contribution in [2.75, 3.05) is 0 Å². The highest BCUT2D eigenvalue weighted by atomic mass is 127. The van der Waals surface area contributed by atoms with Crippen LogP contribution in [0, 0.1) is 0 Å². The summed E-state index contributed by atoms with van der Waals surface area (Å²) in [5, 5.41) is 10.6. The summed E-state index contributed by atoms with van der Waals surface area (Å²) in [6, 6.07) is 31.7. The summed E-state index contributed by atoms with van der Waals surface area (Å²) in [7, 11) is 0. The smallest absolute Gasteiger partial charge is 0.192 e. The molecule has 0 amide bonds. The van der Waals surface area contributed by atoms with Crippen LogP contribution in [0.4, 0.5) is 0 Å². The standard InChI is InChI=1S/C35H31IN2O2/c1-5-10-26(6-2)29-15-13-27(14-16-29)24(3)37-35(38-25(4)33-22-21-32(40-36)23-34(33)39)31-19-17-30(18-20-31)28-11-8-7-9-12-28/h5-23,39H,3H2,1-2,4H3/b10-5-,26-6+,37-35?,38-25?. The zero-order chi connectivity index (χ0) is 28.5. The van der Waals surface area contributed by atoms with Crippen molar-refractivity contribution >= 4 is 45.8 Å². The van der Waals surface area contributed by atoms with Crippen LogP contribution in [0.15, 0.2) is 132 Å². The molecule has 1 N–H and O–H groups in total. The molecule has 0 radical (unpaired) electrons. The van der Waals surface area contributed by atoms with Gasteiger partial charge in [-0.25, -0.2) is 9.98 Å². The third-order valence-electron chi connectivity index (χ3n) is 6.42. The van der Waals surface area contributed by atoms with Crippen LogP contribution in [0.5, 0.6) is 11.5 Å². The third kappa shape index (κ3) is 7.04. The van der Waals surface area contributed by atoms with Crippen molar-refractivity contribution < 1.29 is 8.17 Å². The fraction of sp³-hybridized carbons (Fsp3) is 0.0857. The Morgan fingerprint density at radius 1 is 0.800 bits per heavy atom. The van der Waals surface area contributed by atoms with Gasteiger partial charge in [-0.2, -0.15) is 0 Å². The monoisotopic (exact) mass is 638 g/mol. The third-order valence-corrected chi connectivity index (χ3v) is 6.93. The van der Waals surface area contributed by atoms with E-state index in [4.69, 9.17) is 13.1 Å². The first kappa shape index (κ1) is 28.8. The number of allylic oxidation sites excluding steroid dienone is 4. The highest BCUT2D eigenvalue weighted by Gasteiger charge is 2.11. The molecule has 0 aliphatic rings. The molecule has 0 saturated heterocycles. The molecule has 0 heterocycles. The van der Waals surface area contributed by atoms with E-state index in [1.54, 1.807) is 41.2 Å². The van der Waals surface area contributed by atoms with E-state index < -0.39 is 0 Å². The second-order valence-corrected chi connectivity index (χ2v) is 9.54. The van der Waals surface area contributed by atoms with Gasteiger partial charge in [-0.3, -0.25) is 0 Å². The fourth-order valence-electron chi connectivity index (χ4n) is 4.27. The zero-order valence-electron chi connectivity index (χ0n) is 22.8. The molecule has 0 bridgehead atoms. The SMILES string of the molecule is C=C(N=C(N=C(C)c1ccc(OI)cc1O)c1ccc(-c2ccccc2)cc1)c1ccc(C(/C=C\C)=C/C)cc1. The normalized spacial score (nSPS) is 12.6. The van der Waals surface area contributed by atoms with E-state index in [1.165, 1.54) is 0 Å². The minimum Gasteiger partial charge on any atom is -0.507 e. The average Bonchev–Trinajstić information content (AvgIpc) is 3.00. The Balaban J connectivity index is 1.73. The molecular formula is C35H31IN2O2. The van der Waals surface area contributed by atoms with Crippen molar-refractivity contribution in [3.05, 3.63) is 144 Å². The van der Waals surface area contributed by atoms with E-state index in [-0.39, 0.29) is 5.75 Å². The maximum absolute atomic E-state index is 10.6. The predicted octanol–water partition coefficient (Wildman–Crippen LogP) is 9.69. The number of amidine groups is 1. The van der Waals surface area contributed by atoms with Crippen LogP contribution in [-0.2, 0) is 0 Å². The van der Waals surface area contributed by atoms with Crippen molar-refractivity contribution in [1.29, 1.82) is 0 Å². The molecule has 0 atom stereocenters. The molecule has 200 valence electrons. The molecule has 0 spiro atoms. The Labute approximate surface area is 250 Å². The van der Waals surface area contributed by atoms with Gasteiger partial charge in [0.1, 0.15) is 11.5 Å². The average molecular weight is 639 g/mol. The van der Waals surface area contributed by atoms with Gasteiger partial charge in [0.2, 0.25) is 0 Å². The maximum Gasteiger partial charge on any atom is 0.192 e. The number of benzene rings is 4. The van der Waals surface area contributed by atoms with Gasteiger partial charge in [0.25, 0.3) is 0 Å². The van der Waals surface area contributed by atoms with Crippen molar-refractivity contribution in [3.8, 4) is 22.6 Å². The van der Waals surface area contributed by atoms with Crippen molar-refractivity contribution in [3.63, 3.8) is 0 Å². The first-order chi connectivity index (χ1) is 19.4. The lowest BCUT2D eigenvalue weighted by atomic mass is 10.0. The van der Waals surface area contributed by atoms with E-state index in [0.717, 1.165) is 33.4 Å². The zero-order valence-corrected chi connectivity index (χ0v) is 25.0. The first-order valence-corrected chi connectivity index (χ1v) is 13.8. The van der Waals surface area contributed by atoms with Gasteiger partial charge in [0.15, 0.2) is 28.8 Å². The number of rotatable bonds is 8. The Kier molecular flexibility index (Phi) is 9.86. The van der Waals surface area contributed by atoms with Crippen molar-refractivity contribution in [1.82, 2.24) is 0 Å². The van der Waals surface area contributed by atoms with Crippen molar-refractivity contribution in [2.24, 2.45) is 9.98 Å². The molecule has 0 saturated carbocycles. The van der Waals surface area contributed by atoms with Gasteiger partial charge in [-0.05, 0) is 60.7 Å². The summed E-state index contributed by atoms with van der Waals surface area (Å²) < 4.78 is 5.20. The summed E-state index contributed by atoms with van der Waals surface area (Å²) in [5.74, 6) is 1.15. The van der Waals surface area contributed by atoms with Crippen LogP contribution in [0.1, 0.15) is 43.0 Å². The van der Waals surface area contributed by atoms with Gasteiger partial charge in [0.05, 0.1) is 11.4 Å². The quantitative estimate of drug-likeness (QED) is 0.0905. The number of hydrogen-bond donors (Lipinski definition) is 1. The summed E-state index contributed by atoms with van der Waals surface area (Å²) in [6.07, 6.45) is 6.21. The molecule has 4 rings (SSSR count). The summed E-state index contributed by atoms with van der Waals surface area (Å²) in [4.78, 5) is 9.75. The number of aliphatic imine (C=N–C) groups is 2. The molecule has 4 nitrogen and oxygen atoms in total. The molecule has 4 aromatic carbocycles. The summed E-state index contributed by atoms with van der Waals surface area (Å²) in [5.41, 5.74) is 8.08.